The summed E-state index contributed by atoms with van der Waals surface area (Å²) in [5, 5.41) is 0. The van der Waals surface area contributed by atoms with E-state index in [9.17, 15) is 14.4 Å². The van der Waals surface area contributed by atoms with Gasteiger partial charge in [0.2, 0.25) is 5.91 Å². The highest BCUT2D eigenvalue weighted by atomic mass is 16.6. The van der Waals surface area contributed by atoms with E-state index < -0.39 is 23.7 Å². The van der Waals surface area contributed by atoms with Crippen molar-refractivity contribution in [3.63, 3.8) is 0 Å². The molecule has 2 amide bonds. The van der Waals surface area contributed by atoms with Crippen LogP contribution in [0.2, 0.25) is 0 Å². The summed E-state index contributed by atoms with van der Waals surface area (Å²) in [7, 11) is 0. The highest BCUT2D eigenvalue weighted by Crippen LogP contribution is 2.43. The first kappa shape index (κ1) is 18.8. The Hall–Kier alpha value is -2.95. The van der Waals surface area contributed by atoms with E-state index in [1.54, 1.807) is 45.0 Å². The number of carbonyl (C=O) groups excluding carboxylic acids is 3. The second kappa shape index (κ2) is 7.35. The number of nitrogens with zero attached hydrogens (tertiary/aromatic N) is 1. The third kappa shape index (κ3) is 4.08. The summed E-state index contributed by atoms with van der Waals surface area (Å²) in [5.74, 6) is -1.06. The molecule has 1 heterocycles. The fraction of sp³-hybridized carbons (Fsp3) is 0.318. The molecular weight excluding hydrogens is 342 g/mol. The Morgan fingerprint density at radius 1 is 0.963 bits per heavy atom. The zero-order valence-electron chi connectivity index (χ0n) is 15.7. The van der Waals surface area contributed by atoms with Crippen LogP contribution in [0, 0.1) is 5.92 Å². The molecule has 0 unspecified atom stereocenters. The molecule has 0 radical (unpaired) electrons. The van der Waals surface area contributed by atoms with E-state index in [-0.39, 0.29) is 18.1 Å². The number of carbonyl (C=O) groups is 3. The number of likely N-dealkylation sites (tertiary alicyclic amines) is 1. The van der Waals surface area contributed by atoms with E-state index >= 15 is 0 Å². The first-order chi connectivity index (χ1) is 12.8. The van der Waals surface area contributed by atoms with Crippen LogP contribution in [0.1, 0.15) is 49.2 Å². The Morgan fingerprint density at radius 2 is 1.52 bits per heavy atom. The summed E-state index contributed by atoms with van der Waals surface area (Å²) in [4.78, 5) is 39.0. The van der Waals surface area contributed by atoms with Crippen molar-refractivity contribution in [2.45, 2.75) is 38.8 Å². The molecule has 27 heavy (non-hydrogen) atoms. The third-order valence-electron chi connectivity index (χ3n) is 4.45. The molecule has 1 fully saturated rings. The van der Waals surface area contributed by atoms with Gasteiger partial charge in [-0.1, -0.05) is 60.7 Å². The molecular formula is C22H23NO4. The summed E-state index contributed by atoms with van der Waals surface area (Å²) in [6, 6.07) is 17.7. The lowest BCUT2D eigenvalue weighted by Gasteiger charge is -2.45. The maximum atomic E-state index is 12.7. The maximum Gasteiger partial charge on any atom is 0.417 e. The monoisotopic (exact) mass is 365 g/mol. The van der Waals surface area contributed by atoms with Crippen LogP contribution in [-0.2, 0) is 9.53 Å². The molecule has 0 N–H and O–H groups in total. The van der Waals surface area contributed by atoms with E-state index in [0.29, 0.717) is 5.56 Å². The van der Waals surface area contributed by atoms with Crippen molar-refractivity contribution in [1.82, 2.24) is 4.90 Å². The van der Waals surface area contributed by atoms with Crippen LogP contribution in [0.5, 0.6) is 0 Å². The number of hydrogen-bond donors (Lipinski definition) is 0. The second-order valence-electron chi connectivity index (χ2n) is 7.64. The molecule has 3 rings (SSSR count). The molecule has 1 saturated heterocycles. The molecule has 2 atom stereocenters. The summed E-state index contributed by atoms with van der Waals surface area (Å²) in [5.41, 5.74) is 0.672. The largest absolute Gasteiger partial charge is 0.443 e. The van der Waals surface area contributed by atoms with E-state index in [0.717, 1.165) is 10.5 Å². The van der Waals surface area contributed by atoms with Gasteiger partial charge in [0.05, 0.1) is 12.0 Å². The number of β-lactam (4-membered cyclic amide) rings is 1. The molecule has 0 bridgehead atoms. The predicted octanol–water partition coefficient (Wildman–Crippen LogP) is 4.39. The zero-order chi connectivity index (χ0) is 19.6. The van der Waals surface area contributed by atoms with E-state index in [1.807, 2.05) is 36.4 Å². The first-order valence-electron chi connectivity index (χ1n) is 8.97. The van der Waals surface area contributed by atoms with Crippen molar-refractivity contribution in [1.29, 1.82) is 0 Å². The molecule has 0 spiro atoms. The number of ketones is 1. The molecule has 0 saturated carbocycles. The van der Waals surface area contributed by atoms with Crippen molar-refractivity contribution in [3.05, 3.63) is 71.8 Å². The quantitative estimate of drug-likeness (QED) is 0.595. The molecule has 1 aliphatic rings. The number of Topliss-reactive ketones (excluding diaryl/α,β-unsaturated/α-hetero) is 1. The minimum atomic E-state index is -0.705. The van der Waals surface area contributed by atoms with Crippen molar-refractivity contribution in [3.8, 4) is 0 Å². The van der Waals surface area contributed by atoms with Crippen LogP contribution in [0.3, 0.4) is 0 Å². The summed E-state index contributed by atoms with van der Waals surface area (Å²) >= 11 is 0. The minimum absolute atomic E-state index is 0.0572. The Kier molecular flexibility index (Phi) is 5.13. The number of benzene rings is 2. The fourth-order valence-electron chi connectivity index (χ4n) is 3.24. The topological polar surface area (TPSA) is 63.7 Å². The normalized spacial score (nSPS) is 19.4. The molecule has 2 aromatic carbocycles. The summed E-state index contributed by atoms with van der Waals surface area (Å²) in [6.45, 7) is 5.26. The highest BCUT2D eigenvalue weighted by Gasteiger charge is 2.53. The van der Waals surface area contributed by atoms with Gasteiger partial charge in [-0.15, -0.1) is 0 Å². The lowest BCUT2D eigenvalue weighted by Crippen LogP contribution is -2.58. The Bertz CT molecular complexity index is 840. The smallest absolute Gasteiger partial charge is 0.417 e. The molecule has 1 aliphatic heterocycles. The van der Waals surface area contributed by atoms with Gasteiger partial charge in [-0.2, -0.15) is 0 Å². The lowest BCUT2D eigenvalue weighted by atomic mass is 9.79. The van der Waals surface area contributed by atoms with E-state index in [1.165, 1.54) is 0 Å². The molecule has 140 valence electrons. The van der Waals surface area contributed by atoms with Gasteiger partial charge < -0.3 is 4.74 Å². The van der Waals surface area contributed by atoms with Crippen LogP contribution in [0.15, 0.2) is 60.7 Å². The molecule has 5 nitrogen and oxygen atoms in total. The standard InChI is InChI=1S/C22H23NO4/c1-22(2,3)27-21(26)23-19(16-12-8-5-9-13-16)17(20(23)25)14-18(24)15-10-6-4-7-11-15/h4-13,17,19H,14H2,1-3H3/t17-,19-/m0/s1. The van der Waals surface area contributed by atoms with Crippen molar-refractivity contribution in [2.24, 2.45) is 5.92 Å². The van der Waals surface area contributed by atoms with Gasteiger partial charge in [-0.3, -0.25) is 9.59 Å². The lowest BCUT2D eigenvalue weighted by molar-refractivity contribution is -0.154. The zero-order valence-corrected chi connectivity index (χ0v) is 15.7. The van der Waals surface area contributed by atoms with Gasteiger partial charge in [0, 0.05) is 12.0 Å². The highest BCUT2D eigenvalue weighted by molar-refractivity contribution is 6.04. The Labute approximate surface area is 158 Å². The van der Waals surface area contributed by atoms with Gasteiger partial charge in [0.25, 0.3) is 0 Å². The van der Waals surface area contributed by atoms with Gasteiger partial charge >= 0.3 is 6.09 Å². The third-order valence-corrected chi connectivity index (χ3v) is 4.45. The summed E-state index contributed by atoms with van der Waals surface area (Å²) in [6.07, 6.45) is -0.619. The van der Waals surface area contributed by atoms with E-state index in [2.05, 4.69) is 0 Å². The van der Waals surface area contributed by atoms with Crippen molar-refractivity contribution < 1.29 is 19.1 Å². The molecule has 5 heteroatoms. The number of ether oxygens (including phenoxy) is 1. The predicted molar refractivity (Wildman–Crippen MR) is 101 cm³/mol. The van der Waals surface area contributed by atoms with Crippen LogP contribution < -0.4 is 0 Å². The second-order valence-corrected chi connectivity index (χ2v) is 7.64. The number of hydrogen-bond acceptors (Lipinski definition) is 4. The van der Waals surface area contributed by atoms with Crippen molar-refractivity contribution in [2.75, 3.05) is 0 Å². The first-order valence-corrected chi connectivity index (χ1v) is 8.97. The molecule has 0 aromatic heterocycles. The minimum Gasteiger partial charge on any atom is -0.443 e. The van der Waals surface area contributed by atoms with Crippen molar-refractivity contribution >= 4 is 17.8 Å². The average molecular weight is 365 g/mol. The van der Waals surface area contributed by atoms with Gasteiger partial charge in [0.15, 0.2) is 5.78 Å². The molecule has 0 aliphatic carbocycles. The van der Waals surface area contributed by atoms with Crippen LogP contribution in [0.4, 0.5) is 4.79 Å². The van der Waals surface area contributed by atoms with Crippen LogP contribution in [0.25, 0.3) is 0 Å². The number of amides is 2. The number of rotatable bonds is 4. The Morgan fingerprint density at radius 3 is 2.07 bits per heavy atom. The average Bonchev–Trinajstić information content (AvgIpc) is 2.63. The Balaban J connectivity index is 1.84. The van der Waals surface area contributed by atoms with Crippen LogP contribution in [-0.4, -0.2) is 28.3 Å². The number of imide groups is 1. The SMILES string of the molecule is CC(C)(C)OC(=O)N1C(=O)[C@@H](CC(=O)c2ccccc2)[C@@H]1c1ccccc1. The van der Waals surface area contributed by atoms with Gasteiger partial charge in [-0.05, 0) is 26.3 Å². The van der Waals surface area contributed by atoms with E-state index in [4.69, 9.17) is 4.74 Å². The molecule has 2 aromatic rings. The maximum absolute atomic E-state index is 12.7. The summed E-state index contributed by atoms with van der Waals surface area (Å²) < 4.78 is 5.38. The van der Waals surface area contributed by atoms with Gasteiger partial charge in [0.1, 0.15) is 5.60 Å². The fourth-order valence-corrected chi connectivity index (χ4v) is 3.24. The van der Waals surface area contributed by atoms with Gasteiger partial charge in [-0.25, -0.2) is 9.69 Å². The van der Waals surface area contributed by atoms with Crippen LogP contribution >= 0.6 is 0 Å².